The second-order valence-electron chi connectivity index (χ2n) is 5.61. The first-order valence-corrected chi connectivity index (χ1v) is 8.09. The second kappa shape index (κ2) is 7.06. The maximum atomic E-state index is 12.4. The molecule has 0 unspecified atom stereocenters. The number of nitrogens with one attached hydrogen (secondary N) is 1. The monoisotopic (exact) mass is 345 g/mol. The van der Waals surface area contributed by atoms with Gasteiger partial charge in [-0.05, 0) is 29.8 Å². The minimum atomic E-state index is -0.584. The SMILES string of the molecule is O=C(N[C@H](c1ccccc1)c1nnc(-c2ccccc2)o1)c1ccco1. The van der Waals surface area contributed by atoms with Crippen molar-refractivity contribution in [2.75, 3.05) is 0 Å². The first-order valence-electron chi connectivity index (χ1n) is 8.09. The lowest BCUT2D eigenvalue weighted by molar-refractivity contribution is 0.0910. The van der Waals surface area contributed by atoms with E-state index in [1.807, 2.05) is 60.7 Å². The summed E-state index contributed by atoms with van der Waals surface area (Å²) < 4.78 is 11.0. The Morgan fingerprint density at radius 2 is 1.62 bits per heavy atom. The van der Waals surface area contributed by atoms with Crippen molar-refractivity contribution >= 4 is 5.91 Å². The zero-order valence-electron chi connectivity index (χ0n) is 13.7. The molecule has 6 heteroatoms. The highest BCUT2D eigenvalue weighted by atomic mass is 16.4. The van der Waals surface area contributed by atoms with Gasteiger partial charge in [0.05, 0.1) is 6.26 Å². The topological polar surface area (TPSA) is 81.2 Å². The van der Waals surface area contributed by atoms with Crippen molar-refractivity contribution in [2.24, 2.45) is 0 Å². The van der Waals surface area contributed by atoms with E-state index in [1.165, 1.54) is 6.26 Å². The van der Waals surface area contributed by atoms with Gasteiger partial charge in [0, 0.05) is 5.56 Å². The smallest absolute Gasteiger partial charge is 0.287 e. The fraction of sp³-hybridized carbons (Fsp3) is 0.0500. The van der Waals surface area contributed by atoms with Crippen LogP contribution in [-0.2, 0) is 0 Å². The Morgan fingerprint density at radius 1 is 0.885 bits per heavy atom. The number of hydrogen-bond donors (Lipinski definition) is 1. The summed E-state index contributed by atoms with van der Waals surface area (Å²) in [6.45, 7) is 0. The van der Waals surface area contributed by atoms with E-state index in [4.69, 9.17) is 8.83 Å². The van der Waals surface area contributed by atoms with E-state index < -0.39 is 6.04 Å². The number of nitrogens with zero attached hydrogens (tertiary/aromatic N) is 2. The van der Waals surface area contributed by atoms with E-state index in [1.54, 1.807) is 12.1 Å². The van der Waals surface area contributed by atoms with Crippen LogP contribution in [0.2, 0.25) is 0 Å². The number of aromatic nitrogens is 2. The predicted octanol–water partition coefficient (Wildman–Crippen LogP) is 3.85. The van der Waals surface area contributed by atoms with E-state index in [9.17, 15) is 4.79 Å². The van der Waals surface area contributed by atoms with Crippen LogP contribution in [0.25, 0.3) is 11.5 Å². The summed E-state index contributed by atoms with van der Waals surface area (Å²) in [6.07, 6.45) is 1.45. The molecule has 0 aliphatic rings. The Hall–Kier alpha value is -3.67. The zero-order chi connectivity index (χ0) is 17.8. The quantitative estimate of drug-likeness (QED) is 0.594. The lowest BCUT2D eigenvalue weighted by Crippen LogP contribution is -2.29. The van der Waals surface area contributed by atoms with Gasteiger partial charge in [0.25, 0.3) is 5.91 Å². The molecule has 0 spiro atoms. The largest absolute Gasteiger partial charge is 0.459 e. The molecule has 0 saturated heterocycles. The highest BCUT2D eigenvalue weighted by Gasteiger charge is 2.24. The van der Waals surface area contributed by atoms with E-state index in [0.29, 0.717) is 11.8 Å². The molecular weight excluding hydrogens is 330 g/mol. The summed E-state index contributed by atoms with van der Waals surface area (Å²) in [5.74, 6) is 0.556. The lowest BCUT2D eigenvalue weighted by atomic mass is 10.1. The standard InChI is InChI=1S/C20H15N3O3/c24-18(16-12-7-13-25-16)21-17(14-8-3-1-4-9-14)20-23-22-19(26-20)15-10-5-2-6-11-15/h1-13,17H,(H,21,24)/t17-/m1/s1. The minimum Gasteiger partial charge on any atom is -0.459 e. The fourth-order valence-corrected chi connectivity index (χ4v) is 2.59. The van der Waals surface area contributed by atoms with Crippen LogP contribution in [0, 0.1) is 0 Å². The van der Waals surface area contributed by atoms with Crippen LogP contribution in [0.3, 0.4) is 0 Å². The van der Waals surface area contributed by atoms with Crippen molar-refractivity contribution in [3.63, 3.8) is 0 Å². The molecule has 1 N–H and O–H groups in total. The molecule has 2 aromatic heterocycles. The van der Waals surface area contributed by atoms with Crippen molar-refractivity contribution in [3.8, 4) is 11.5 Å². The van der Waals surface area contributed by atoms with Gasteiger partial charge in [-0.3, -0.25) is 4.79 Å². The average Bonchev–Trinajstić information content (AvgIpc) is 3.39. The van der Waals surface area contributed by atoms with Gasteiger partial charge < -0.3 is 14.2 Å². The summed E-state index contributed by atoms with van der Waals surface area (Å²) in [5, 5.41) is 11.1. The van der Waals surface area contributed by atoms with Crippen LogP contribution in [0.5, 0.6) is 0 Å². The molecule has 128 valence electrons. The fourth-order valence-electron chi connectivity index (χ4n) is 2.59. The molecule has 0 fully saturated rings. The van der Waals surface area contributed by atoms with Crippen LogP contribution < -0.4 is 5.32 Å². The van der Waals surface area contributed by atoms with Crippen molar-refractivity contribution in [1.29, 1.82) is 0 Å². The van der Waals surface area contributed by atoms with E-state index >= 15 is 0 Å². The lowest BCUT2D eigenvalue weighted by Gasteiger charge is -2.14. The number of furan rings is 1. The van der Waals surface area contributed by atoms with Crippen LogP contribution in [-0.4, -0.2) is 16.1 Å². The van der Waals surface area contributed by atoms with Gasteiger partial charge in [0.15, 0.2) is 5.76 Å². The molecule has 1 atom stereocenters. The summed E-state index contributed by atoms with van der Waals surface area (Å²) in [7, 11) is 0. The summed E-state index contributed by atoms with van der Waals surface area (Å²) in [4.78, 5) is 12.4. The van der Waals surface area contributed by atoms with Gasteiger partial charge in [-0.1, -0.05) is 48.5 Å². The molecule has 26 heavy (non-hydrogen) atoms. The molecule has 0 bridgehead atoms. The third-order valence-corrected chi connectivity index (χ3v) is 3.86. The van der Waals surface area contributed by atoms with Gasteiger partial charge in [-0.25, -0.2) is 0 Å². The Labute approximate surface area is 149 Å². The molecule has 2 aromatic carbocycles. The molecule has 0 radical (unpaired) electrons. The van der Waals surface area contributed by atoms with Crippen LogP contribution in [0.4, 0.5) is 0 Å². The predicted molar refractivity (Wildman–Crippen MR) is 94.2 cm³/mol. The maximum absolute atomic E-state index is 12.4. The number of rotatable bonds is 5. The van der Waals surface area contributed by atoms with Crippen LogP contribution in [0.15, 0.2) is 87.9 Å². The van der Waals surface area contributed by atoms with Crippen LogP contribution >= 0.6 is 0 Å². The molecule has 2 heterocycles. The average molecular weight is 345 g/mol. The zero-order valence-corrected chi connectivity index (χ0v) is 13.7. The number of carbonyl (C=O) groups is 1. The van der Waals surface area contributed by atoms with Crippen molar-refractivity contribution in [1.82, 2.24) is 15.5 Å². The number of benzene rings is 2. The van der Waals surface area contributed by atoms with Gasteiger partial charge in [0.2, 0.25) is 11.8 Å². The molecule has 0 aliphatic heterocycles. The van der Waals surface area contributed by atoms with Gasteiger partial charge in [-0.15, -0.1) is 10.2 Å². The molecule has 0 aliphatic carbocycles. The molecule has 6 nitrogen and oxygen atoms in total. The normalized spacial score (nSPS) is 11.8. The van der Waals surface area contributed by atoms with E-state index in [0.717, 1.165) is 11.1 Å². The second-order valence-corrected chi connectivity index (χ2v) is 5.61. The Bertz CT molecular complexity index is 980. The molecule has 1 amide bonds. The van der Waals surface area contributed by atoms with Gasteiger partial charge >= 0.3 is 0 Å². The van der Waals surface area contributed by atoms with Crippen molar-refractivity contribution in [3.05, 3.63) is 96.3 Å². The Kier molecular flexibility index (Phi) is 4.30. The first-order chi connectivity index (χ1) is 12.8. The third kappa shape index (κ3) is 3.25. The maximum Gasteiger partial charge on any atom is 0.287 e. The highest BCUT2D eigenvalue weighted by Crippen LogP contribution is 2.25. The minimum absolute atomic E-state index is 0.216. The van der Waals surface area contributed by atoms with Crippen molar-refractivity contribution in [2.45, 2.75) is 6.04 Å². The highest BCUT2D eigenvalue weighted by molar-refractivity contribution is 5.91. The number of hydrogen-bond acceptors (Lipinski definition) is 5. The van der Waals surface area contributed by atoms with Gasteiger partial charge in [0.1, 0.15) is 6.04 Å². The summed E-state index contributed by atoms with van der Waals surface area (Å²) >= 11 is 0. The van der Waals surface area contributed by atoms with E-state index in [-0.39, 0.29) is 11.7 Å². The summed E-state index contributed by atoms with van der Waals surface area (Å²) in [6, 6.07) is 21.6. The third-order valence-electron chi connectivity index (χ3n) is 3.86. The molecule has 0 saturated carbocycles. The molecule has 4 rings (SSSR count). The first kappa shape index (κ1) is 15.8. The Balaban J connectivity index is 1.67. The summed E-state index contributed by atoms with van der Waals surface area (Å²) in [5.41, 5.74) is 1.64. The number of carbonyl (C=O) groups excluding carboxylic acids is 1. The molecular formula is C20H15N3O3. The van der Waals surface area contributed by atoms with Crippen LogP contribution in [0.1, 0.15) is 28.1 Å². The number of amides is 1. The van der Waals surface area contributed by atoms with Gasteiger partial charge in [-0.2, -0.15) is 0 Å². The van der Waals surface area contributed by atoms with Crippen molar-refractivity contribution < 1.29 is 13.6 Å². The Morgan fingerprint density at radius 3 is 2.31 bits per heavy atom. The van der Waals surface area contributed by atoms with E-state index in [2.05, 4.69) is 15.5 Å². The molecule has 4 aromatic rings.